The second-order valence-corrected chi connectivity index (χ2v) is 17.1. The summed E-state index contributed by atoms with van der Waals surface area (Å²) >= 11 is 1.11. The van der Waals surface area contributed by atoms with Gasteiger partial charge in [-0.05, 0) is 13.3 Å². The number of carbonyl (C=O) groups is 7. The molecule has 2 aromatic rings. The standard InChI is InChI=1S/C39H60N10O23S/c1-40-19(11-17-14-48(46-44-17)3-5-67-7-9-69-38-28(56)24(52)26(54)30(71-38)36(63)64)32(58)42-21(13-23(50)51)34(60)41-20(33(59)43-22(16-73-2)35(61)62)12-18-15-49(47-45-18)4-6-68-8-10-70-39-29(57)25(53)27(55)31(72-39)37(65)66/h14-15,19-22,24-31,38-40,52-57H,3-13,16H2,1-2H3,(H,41,60)(H,42,58)(H,43,59)(H,50,51)(H,61,62)(H,63,64)(H,65,66)/t19-,20-,21-,22-,24-,25-,26?,27?,28-,29-,30?,31?,38?,39?/m0/s1. The van der Waals surface area contributed by atoms with E-state index < -0.39 is 140 Å². The van der Waals surface area contributed by atoms with Gasteiger partial charge in [-0.3, -0.25) is 19.2 Å². The molecule has 0 radical (unpaired) electrons. The molecule has 0 aromatic carbocycles. The molecular weight excluding hydrogens is 1010 g/mol. The number of carboxylic acids is 4. The van der Waals surface area contributed by atoms with Crippen molar-refractivity contribution in [3.05, 3.63) is 23.8 Å². The van der Waals surface area contributed by atoms with Gasteiger partial charge in [0.25, 0.3) is 0 Å². The molecule has 2 aliphatic heterocycles. The Morgan fingerprint density at radius 1 is 0.603 bits per heavy atom. The van der Waals surface area contributed by atoms with Gasteiger partial charge in [-0.15, -0.1) is 10.2 Å². The number of nitrogens with zero attached hydrogens (tertiary/aromatic N) is 6. The average Bonchev–Trinajstić information content (AvgIpc) is 4.00. The number of carboxylic acid groups (broad SMARTS) is 4. The number of rotatable bonds is 32. The van der Waals surface area contributed by atoms with E-state index in [1.807, 2.05) is 0 Å². The predicted octanol–water partition coefficient (Wildman–Crippen LogP) is -8.53. The van der Waals surface area contributed by atoms with Crippen LogP contribution in [0.2, 0.25) is 0 Å². The van der Waals surface area contributed by atoms with E-state index in [2.05, 4.69) is 41.9 Å². The van der Waals surface area contributed by atoms with E-state index in [0.717, 1.165) is 11.8 Å². The summed E-state index contributed by atoms with van der Waals surface area (Å²) in [6.07, 6.45) is -14.8. The van der Waals surface area contributed by atoms with Crippen molar-refractivity contribution in [2.45, 2.75) is 118 Å². The summed E-state index contributed by atoms with van der Waals surface area (Å²) in [5.74, 6) is -9.05. The zero-order valence-corrected chi connectivity index (χ0v) is 39.9. The number of thioether (sulfide) groups is 1. The zero-order chi connectivity index (χ0) is 53.9. The highest BCUT2D eigenvalue weighted by Crippen LogP contribution is 2.23. The Morgan fingerprint density at radius 2 is 1.03 bits per heavy atom. The molecule has 2 saturated heterocycles. The number of carbonyl (C=O) groups excluding carboxylic acids is 3. The topological polar surface area (TPSA) is 487 Å². The third-order valence-corrected chi connectivity index (χ3v) is 11.5. The number of aliphatic hydroxyl groups excluding tert-OH is 6. The largest absolute Gasteiger partial charge is 0.481 e. The van der Waals surface area contributed by atoms with Crippen LogP contribution >= 0.6 is 11.8 Å². The first-order chi connectivity index (χ1) is 34.6. The molecule has 14 atom stereocenters. The normalized spacial score (nSPS) is 25.7. The monoisotopic (exact) mass is 1070 g/mol. The van der Waals surface area contributed by atoms with Crippen LogP contribution in [0.5, 0.6) is 0 Å². The van der Waals surface area contributed by atoms with Crippen molar-refractivity contribution in [3.63, 3.8) is 0 Å². The van der Waals surface area contributed by atoms with Crippen molar-refractivity contribution in [2.24, 2.45) is 0 Å². The summed E-state index contributed by atoms with van der Waals surface area (Å²) in [4.78, 5) is 87.3. The average molecular weight is 1070 g/mol. The van der Waals surface area contributed by atoms with Crippen molar-refractivity contribution in [3.8, 4) is 0 Å². The number of amides is 3. The minimum absolute atomic E-state index is 0.0169. The summed E-state index contributed by atoms with van der Waals surface area (Å²) < 4.78 is 34.2. The van der Waals surface area contributed by atoms with Crippen LogP contribution < -0.4 is 21.3 Å². The first-order valence-corrected chi connectivity index (χ1v) is 23.6. The van der Waals surface area contributed by atoms with Crippen LogP contribution in [0, 0.1) is 0 Å². The number of nitrogens with one attached hydrogen (secondary N) is 4. The van der Waals surface area contributed by atoms with Crippen LogP contribution in [0.15, 0.2) is 12.4 Å². The highest BCUT2D eigenvalue weighted by Gasteiger charge is 2.48. The number of ether oxygens (including phenoxy) is 6. The van der Waals surface area contributed by atoms with Crippen LogP contribution in [0.1, 0.15) is 17.8 Å². The molecule has 34 heteroatoms. The number of likely N-dealkylation sites (N-methyl/N-ethyl adjacent to an activating group) is 1. The van der Waals surface area contributed by atoms with E-state index in [9.17, 15) is 79.5 Å². The highest BCUT2D eigenvalue weighted by molar-refractivity contribution is 7.98. The Labute approximate surface area is 417 Å². The Kier molecular flexibility index (Phi) is 24.1. The molecule has 0 aliphatic carbocycles. The van der Waals surface area contributed by atoms with Crippen LogP contribution in [0.25, 0.3) is 0 Å². The number of aromatic nitrogens is 6. The maximum absolute atomic E-state index is 13.7. The maximum Gasteiger partial charge on any atom is 0.335 e. The third kappa shape index (κ3) is 18.1. The highest BCUT2D eigenvalue weighted by atomic mass is 32.2. The first-order valence-electron chi connectivity index (χ1n) is 22.2. The second kappa shape index (κ2) is 29.3. The molecule has 2 fully saturated rings. The molecule has 4 rings (SSSR count). The lowest BCUT2D eigenvalue weighted by Gasteiger charge is -2.38. The molecule has 410 valence electrons. The van der Waals surface area contributed by atoms with Gasteiger partial charge in [0.05, 0.1) is 76.6 Å². The van der Waals surface area contributed by atoms with Crippen molar-refractivity contribution < 1.29 is 113 Å². The number of aliphatic carboxylic acids is 4. The summed E-state index contributed by atoms with van der Waals surface area (Å²) in [7, 11) is 1.42. The number of hydrogen-bond donors (Lipinski definition) is 14. The molecule has 14 N–H and O–H groups in total. The molecule has 2 aliphatic rings. The van der Waals surface area contributed by atoms with E-state index in [0.29, 0.717) is 0 Å². The minimum atomic E-state index is -1.89. The molecule has 73 heavy (non-hydrogen) atoms. The van der Waals surface area contributed by atoms with Gasteiger partial charge in [-0.2, -0.15) is 11.8 Å². The van der Waals surface area contributed by atoms with Crippen molar-refractivity contribution >= 4 is 53.4 Å². The zero-order valence-electron chi connectivity index (χ0n) is 39.1. The Hall–Kier alpha value is -5.60. The van der Waals surface area contributed by atoms with E-state index >= 15 is 0 Å². The number of aliphatic hydroxyl groups is 6. The van der Waals surface area contributed by atoms with Gasteiger partial charge in [-0.1, -0.05) is 10.4 Å². The molecule has 0 spiro atoms. The van der Waals surface area contributed by atoms with Crippen LogP contribution in [-0.2, 0) is 87.9 Å². The molecule has 2 aromatic heterocycles. The Bertz CT molecular complexity index is 2140. The fourth-order valence-electron chi connectivity index (χ4n) is 6.92. The van der Waals surface area contributed by atoms with Crippen LogP contribution in [-0.4, -0.2) is 267 Å². The van der Waals surface area contributed by atoms with Gasteiger partial charge in [0.2, 0.25) is 17.7 Å². The quantitative estimate of drug-likeness (QED) is 0.0303. The summed E-state index contributed by atoms with van der Waals surface area (Å²) in [5.41, 5.74) is 0.385. The number of hydrogen-bond acceptors (Lipinski definition) is 25. The lowest BCUT2D eigenvalue weighted by molar-refractivity contribution is -0.295. The van der Waals surface area contributed by atoms with Crippen molar-refractivity contribution in [1.29, 1.82) is 0 Å². The van der Waals surface area contributed by atoms with E-state index in [4.69, 9.17) is 33.5 Å². The summed E-state index contributed by atoms with van der Waals surface area (Å²) in [6, 6.07) is -5.86. The van der Waals surface area contributed by atoms with Gasteiger partial charge < -0.3 is 101 Å². The second-order valence-electron chi connectivity index (χ2n) is 16.2. The van der Waals surface area contributed by atoms with Crippen molar-refractivity contribution in [2.75, 3.05) is 58.7 Å². The molecule has 6 unspecified atom stereocenters. The third-order valence-electron chi connectivity index (χ3n) is 10.8. The van der Waals surface area contributed by atoms with E-state index in [1.54, 1.807) is 6.26 Å². The molecule has 3 amide bonds. The first kappa shape index (κ1) is 60.0. The summed E-state index contributed by atoms with van der Waals surface area (Å²) in [6.45, 7) is -0.391. The Balaban J connectivity index is 1.30. The smallest absolute Gasteiger partial charge is 0.335 e. The maximum atomic E-state index is 13.7. The van der Waals surface area contributed by atoms with Gasteiger partial charge in [0.15, 0.2) is 24.8 Å². The predicted molar refractivity (Wildman–Crippen MR) is 237 cm³/mol. The fraction of sp³-hybridized carbons (Fsp3) is 0.718. The molecule has 4 heterocycles. The van der Waals surface area contributed by atoms with Crippen LogP contribution in [0.3, 0.4) is 0 Å². The molecular formula is C39H60N10O23S. The SMILES string of the molecule is CN[C@@H](Cc1cn(CCOCCOC2OC(C(=O)O)C(O)[C@H](O)[C@@H]2O)nn1)C(=O)N[C@@H](CC(=O)O)C(=O)N[C@@H](Cc1cn(CCOCCOC2OC(C(=O)O)C(O)[C@H](O)[C@@H]2O)nn1)C(=O)N[C@@H](CSC)C(=O)O. The summed E-state index contributed by atoms with van der Waals surface area (Å²) in [5, 5.41) is 123. The van der Waals surface area contributed by atoms with Gasteiger partial charge in [-0.25, -0.2) is 23.7 Å². The van der Waals surface area contributed by atoms with Gasteiger partial charge in [0.1, 0.15) is 54.7 Å². The van der Waals surface area contributed by atoms with E-state index in [-0.39, 0.29) is 76.3 Å². The minimum Gasteiger partial charge on any atom is -0.481 e. The lowest BCUT2D eigenvalue weighted by atomic mass is 9.99. The van der Waals surface area contributed by atoms with Gasteiger partial charge in [0, 0.05) is 31.0 Å². The lowest BCUT2D eigenvalue weighted by Crippen LogP contribution is -2.60. The Morgan fingerprint density at radius 3 is 1.45 bits per heavy atom. The van der Waals surface area contributed by atoms with Gasteiger partial charge >= 0.3 is 23.9 Å². The molecule has 33 nitrogen and oxygen atoms in total. The van der Waals surface area contributed by atoms with Crippen LogP contribution in [0.4, 0.5) is 0 Å². The van der Waals surface area contributed by atoms with Crippen molar-refractivity contribution in [1.82, 2.24) is 51.3 Å². The van der Waals surface area contributed by atoms with E-state index in [1.165, 1.54) is 28.8 Å². The fourth-order valence-corrected chi connectivity index (χ4v) is 7.48. The molecule has 0 bridgehead atoms. The molecule has 0 saturated carbocycles.